The highest BCUT2D eigenvalue weighted by atomic mass is 16.2. The first-order valence-electron chi connectivity index (χ1n) is 5.58. The van der Waals surface area contributed by atoms with Gasteiger partial charge < -0.3 is 10.6 Å². The van der Waals surface area contributed by atoms with Gasteiger partial charge in [0.25, 0.3) is 0 Å². The molecule has 2 fully saturated rings. The maximum atomic E-state index is 11.4. The topological polar surface area (TPSA) is 44.4 Å². The van der Waals surface area contributed by atoms with E-state index >= 15 is 0 Å². The van der Waals surface area contributed by atoms with Gasteiger partial charge in [-0.3, -0.25) is 9.69 Å². The Morgan fingerprint density at radius 3 is 2.79 bits per heavy atom. The van der Waals surface area contributed by atoms with Gasteiger partial charge in [0.15, 0.2) is 0 Å². The van der Waals surface area contributed by atoms with Crippen LogP contribution >= 0.6 is 0 Å². The zero-order chi connectivity index (χ0) is 9.80. The van der Waals surface area contributed by atoms with Crippen molar-refractivity contribution >= 4 is 5.91 Å². The first-order chi connectivity index (χ1) is 6.86. The third-order valence-corrected chi connectivity index (χ3v) is 3.12. The number of rotatable bonds is 1. The van der Waals surface area contributed by atoms with Gasteiger partial charge in [-0.2, -0.15) is 0 Å². The molecule has 80 valence electrons. The first-order valence-corrected chi connectivity index (χ1v) is 5.58. The van der Waals surface area contributed by atoms with E-state index in [1.54, 1.807) is 0 Å². The van der Waals surface area contributed by atoms with Gasteiger partial charge in [-0.15, -0.1) is 0 Å². The molecule has 4 nitrogen and oxygen atoms in total. The molecule has 1 amide bonds. The summed E-state index contributed by atoms with van der Waals surface area (Å²) in [4.78, 5) is 13.7. The van der Waals surface area contributed by atoms with Crippen LogP contribution in [0.15, 0.2) is 0 Å². The maximum Gasteiger partial charge on any atom is 0.234 e. The fourth-order valence-electron chi connectivity index (χ4n) is 2.31. The maximum absolute atomic E-state index is 11.4. The third-order valence-electron chi connectivity index (χ3n) is 3.12. The van der Waals surface area contributed by atoms with Crippen molar-refractivity contribution in [3.8, 4) is 0 Å². The van der Waals surface area contributed by atoms with Gasteiger partial charge in [0, 0.05) is 19.1 Å². The normalized spacial score (nSPS) is 27.0. The minimum absolute atomic E-state index is 0.195. The Bertz CT molecular complexity index is 202. The summed E-state index contributed by atoms with van der Waals surface area (Å²) in [5.41, 5.74) is 0. The number of hydrogen-bond acceptors (Lipinski definition) is 3. The highest BCUT2D eigenvalue weighted by molar-refractivity contribution is 5.78. The number of nitrogens with zero attached hydrogens (tertiary/aromatic N) is 1. The number of carbonyl (C=O) groups is 1. The number of amides is 1. The Hall–Kier alpha value is -0.610. The van der Waals surface area contributed by atoms with Gasteiger partial charge in [0.05, 0.1) is 6.54 Å². The largest absolute Gasteiger partial charge is 0.355 e. The molecule has 0 aliphatic carbocycles. The molecule has 0 bridgehead atoms. The van der Waals surface area contributed by atoms with E-state index in [2.05, 4.69) is 15.5 Å². The molecule has 0 saturated carbocycles. The van der Waals surface area contributed by atoms with Crippen LogP contribution < -0.4 is 10.6 Å². The van der Waals surface area contributed by atoms with E-state index < -0.39 is 0 Å². The molecule has 0 aromatic carbocycles. The molecule has 0 radical (unpaired) electrons. The minimum atomic E-state index is 0.195. The highest BCUT2D eigenvalue weighted by Crippen LogP contribution is 2.12. The quantitative estimate of drug-likeness (QED) is 0.599. The predicted octanol–water partition coefficient (Wildman–Crippen LogP) is -0.440. The van der Waals surface area contributed by atoms with Gasteiger partial charge in [-0.1, -0.05) is 0 Å². The molecule has 2 aliphatic heterocycles. The Labute approximate surface area is 85.0 Å². The van der Waals surface area contributed by atoms with Gasteiger partial charge in [0.2, 0.25) is 5.91 Å². The van der Waals surface area contributed by atoms with Crippen LogP contribution in [0, 0.1) is 0 Å². The fourth-order valence-corrected chi connectivity index (χ4v) is 2.31. The van der Waals surface area contributed by atoms with Crippen LogP contribution in [0.25, 0.3) is 0 Å². The average molecular weight is 197 g/mol. The van der Waals surface area contributed by atoms with Crippen molar-refractivity contribution in [3.63, 3.8) is 0 Å². The molecule has 0 spiro atoms. The second-order valence-corrected chi connectivity index (χ2v) is 4.16. The van der Waals surface area contributed by atoms with E-state index in [0.717, 1.165) is 32.6 Å². The van der Waals surface area contributed by atoms with Crippen molar-refractivity contribution in [1.82, 2.24) is 15.5 Å². The molecular formula is C10H19N3O. The molecule has 0 atom stereocenters. The van der Waals surface area contributed by atoms with Crippen LogP contribution in [0.3, 0.4) is 0 Å². The van der Waals surface area contributed by atoms with Gasteiger partial charge in [-0.25, -0.2) is 0 Å². The van der Waals surface area contributed by atoms with Crippen LogP contribution in [-0.4, -0.2) is 49.6 Å². The Kier molecular flexibility index (Phi) is 3.37. The average Bonchev–Trinajstić information content (AvgIpc) is 2.44. The second-order valence-electron chi connectivity index (χ2n) is 4.16. The molecular weight excluding hydrogens is 178 g/mol. The standard InChI is InChI=1S/C10H19N3O/c14-10-8-13(7-1-4-12-10)9-2-5-11-6-3-9/h9,11H,1-8H2,(H,12,14). The zero-order valence-corrected chi connectivity index (χ0v) is 8.59. The van der Waals surface area contributed by atoms with Crippen molar-refractivity contribution in [2.45, 2.75) is 25.3 Å². The van der Waals surface area contributed by atoms with Gasteiger partial charge >= 0.3 is 0 Å². The molecule has 2 N–H and O–H groups in total. The molecule has 0 unspecified atom stereocenters. The van der Waals surface area contributed by atoms with Gasteiger partial charge in [0.1, 0.15) is 0 Å². The molecule has 2 heterocycles. The van der Waals surface area contributed by atoms with Crippen LogP contribution in [-0.2, 0) is 4.79 Å². The van der Waals surface area contributed by atoms with Gasteiger partial charge in [-0.05, 0) is 32.4 Å². The van der Waals surface area contributed by atoms with Crippen LogP contribution in [0.2, 0.25) is 0 Å². The summed E-state index contributed by atoms with van der Waals surface area (Å²) in [6, 6.07) is 0.625. The fraction of sp³-hybridized carbons (Fsp3) is 0.900. The molecule has 2 aliphatic rings. The van der Waals surface area contributed by atoms with Crippen LogP contribution in [0.1, 0.15) is 19.3 Å². The van der Waals surface area contributed by atoms with E-state index in [9.17, 15) is 4.79 Å². The summed E-state index contributed by atoms with van der Waals surface area (Å²) >= 11 is 0. The van der Waals surface area contributed by atoms with E-state index in [-0.39, 0.29) is 5.91 Å². The lowest BCUT2D eigenvalue weighted by molar-refractivity contribution is -0.122. The molecule has 14 heavy (non-hydrogen) atoms. The van der Waals surface area contributed by atoms with Crippen molar-refractivity contribution in [2.24, 2.45) is 0 Å². The summed E-state index contributed by atoms with van der Waals surface area (Å²) in [6.07, 6.45) is 3.47. The second kappa shape index (κ2) is 4.75. The Balaban J connectivity index is 1.90. The summed E-state index contributed by atoms with van der Waals surface area (Å²) in [5, 5.41) is 6.27. The van der Waals surface area contributed by atoms with E-state index in [1.807, 2.05) is 0 Å². The van der Waals surface area contributed by atoms with Crippen molar-refractivity contribution in [3.05, 3.63) is 0 Å². The number of piperidine rings is 1. The van der Waals surface area contributed by atoms with Crippen molar-refractivity contribution in [1.29, 1.82) is 0 Å². The van der Waals surface area contributed by atoms with Crippen LogP contribution in [0.5, 0.6) is 0 Å². The third kappa shape index (κ3) is 2.45. The summed E-state index contributed by atoms with van der Waals surface area (Å²) in [6.45, 7) is 4.72. The van der Waals surface area contributed by atoms with E-state index in [1.165, 1.54) is 12.8 Å². The zero-order valence-electron chi connectivity index (χ0n) is 8.59. The number of nitrogens with one attached hydrogen (secondary N) is 2. The Morgan fingerprint density at radius 2 is 2.00 bits per heavy atom. The molecule has 2 rings (SSSR count). The summed E-state index contributed by atoms with van der Waals surface area (Å²) < 4.78 is 0. The predicted molar refractivity (Wildman–Crippen MR) is 55.1 cm³/mol. The highest BCUT2D eigenvalue weighted by Gasteiger charge is 2.23. The molecule has 0 aromatic heterocycles. The summed E-state index contributed by atoms with van der Waals surface area (Å²) in [7, 11) is 0. The number of carbonyl (C=O) groups excluding carboxylic acids is 1. The van der Waals surface area contributed by atoms with E-state index in [0.29, 0.717) is 12.6 Å². The monoisotopic (exact) mass is 197 g/mol. The smallest absolute Gasteiger partial charge is 0.234 e. The SMILES string of the molecule is O=C1CN(C2CCNCC2)CCCN1. The van der Waals surface area contributed by atoms with Crippen molar-refractivity contribution < 1.29 is 4.79 Å². The van der Waals surface area contributed by atoms with Crippen LogP contribution in [0.4, 0.5) is 0 Å². The molecule has 0 aromatic rings. The molecule has 2 saturated heterocycles. The first kappa shape index (κ1) is 9.93. The minimum Gasteiger partial charge on any atom is -0.355 e. The van der Waals surface area contributed by atoms with Crippen molar-refractivity contribution in [2.75, 3.05) is 32.7 Å². The lowest BCUT2D eigenvalue weighted by atomic mass is 10.0. The number of hydrogen-bond donors (Lipinski definition) is 2. The lowest BCUT2D eigenvalue weighted by Gasteiger charge is -2.32. The summed E-state index contributed by atoms with van der Waals surface area (Å²) in [5.74, 6) is 0.195. The lowest BCUT2D eigenvalue weighted by Crippen LogP contribution is -2.45. The molecule has 4 heteroatoms. The van der Waals surface area contributed by atoms with E-state index in [4.69, 9.17) is 0 Å². The Morgan fingerprint density at radius 1 is 1.21 bits per heavy atom.